The number of benzene rings is 4. The van der Waals surface area contributed by atoms with E-state index in [2.05, 4.69) is 180 Å². The predicted molar refractivity (Wildman–Crippen MR) is 284 cm³/mol. The Morgan fingerprint density at radius 2 is 0.613 bits per heavy atom. The van der Waals surface area contributed by atoms with Gasteiger partial charge in [-0.15, -0.1) is 0 Å². The molecule has 0 heterocycles. The van der Waals surface area contributed by atoms with Gasteiger partial charge in [0.15, 0.2) is 12.4 Å². The number of para-hydroxylation sites is 4. The van der Waals surface area contributed by atoms with Crippen molar-refractivity contribution in [3.05, 3.63) is 128 Å². The molecule has 0 saturated heterocycles. The third kappa shape index (κ3) is 25.6. The Hall–Kier alpha value is -1.86. The third-order valence-corrected chi connectivity index (χ3v) is 19.4. The topological polar surface area (TPSA) is 102 Å². The largest absolute Gasteiger partial charge is 2.00 e. The van der Waals surface area contributed by atoms with Gasteiger partial charge in [0, 0.05) is 33.4 Å². The maximum absolute atomic E-state index is 11.8. The van der Waals surface area contributed by atoms with E-state index in [1.165, 1.54) is 22.3 Å². The van der Waals surface area contributed by atoms with Gasteiger partial charge in [-0.1, -0.05) is 251 Å². The van der Waals surface area contributed by atoms with Gasteiger partial charge in [0.2, 0.25) is 11.4 Å². The van der Waals surface area contributed by atoms with E-state index < -0.39 is 32.9 Å². The van der Waals surface area contributed by atoms with E-state index in [1.807, 2.05) is 36.7 Å². The van der Waals surface area contributed by atoms with Crippen molar-refractivity contribution in [2.75, 3.05) is 0 Å². The first-order valence-corrected chi connectivity index (χ1v) is 35.7. The van der Waals surface area contributed by atoms with Gasteiger partial charge in [-0.2, -0.15) is 0 Å². The van der Waals surface area contributed by atoms with Gasteiger partial charge in [-0.3, -0.25) is 0 Å². The Balaban J connectivity index is 0. The second kappa shape index (κ2) is 28.2. The van der Waals surface area contributed by atoms with Crippen molar-refractivity contribution in [1.29, 1.82) is 0 Å². The predicted octanol–water partition coefficient (Wildman–Crippen LogP) is 11.0. The summed E-state index contributed by atoms with van der Waals surface area (Å²) in [7, 11) is -4.42. The molecule has 0 aliphatic carbocycles. The molecule has 0 bridgehead atoms. The average molecular weight is 932 g/mol. The van der Waals surface area contributed by atoms with Crippen LogP contribution in [-0.2, 0) is 0 Å². The molecule has 0 aliphatic heterocycles. The Kier molecular flexibility index (Phi) is 28.3. The van der Waals surface area contributed by atoms with Crippen molar-refractivity contribution >= 4 is 103 Å². The minimum atomic E-state index is -1.11. The molecule has 0 radical (unpaired) electrons. The molecule has 12 heteroatoms. The molecule has 0 unspecified atom stereocenters. The first-order chi connectivity index (χ1) is 27.4. The zero-order valence-electron chi connectivity index (χ0n) is 42.7. The molecule has 0 aliphatic rings. The normalized spacial score (nSPS) is 12.0. The van der Waals surface area contributed by atoms with E-state index in [0.717, 1.165) is 11.4 Å². The molecule has 0 fully saturated rings. The van der Waals surface area contributed by atoms with Crippen molar-refractivity contribution in [2.24, 2.45) is 0 Å². The molecule has 332 valence electrons. The van der Waals surface area contributed by atoms with Crippen LogP contribution in [0.3, 0.4) is 0 Å². The van der Waals surface area contributed by atoms with Crippen LogP contribution in [-0.4, -0.2) is 91.5 Å². The van der Waals surface area contributed by atoms with Crippen molar-refractivity contribution < 1.29 is 20.2 Å². The fourth-order valence-corrected chi connectivity index (χ4v) is 23.0. The van der Waals surface area contributed by atoms with Crippen LogP contribution in [0.25, 0.3) is 9.30 Å². The summed E-state index contributed by atoms with van der Waals surface area (Å²) >= 11 is 0. The fraction of sp³-hybridized carbons (Fsp3) is 0.480. The molecule has 0 aromatic heterocycles. The Morgan fingerprint density at radius 1 is 0.387 bits per heavy atom. The molecule has 0 saturated carbocycles. The van der Waals surface area contributed by atoms with E-state index in [4.69, 9.17) is 9.30 Å². The van der Waals surface area contributed by atoms with Crippen molar-refractivity contribution in [3.63, 3.8) is 0 Å². The number of nitrogens with one attached hydrogen (secondary N) is 2. The Labute approximate surface area is 416 Å². The van der Waals surface area contributed by atoms with Gasteiger partial charge in [-0.05, 0) is 35.8 Å². The minimum Gasteiger partial charge on any atom is -0.872 e. The van der Waals surface area contributed by atoms with Gasteiger partial charge < -0.3 is 19.5 Å². The average Bonchev–Trinajstić information content (AvgIpc) is 3.08. The van der Waals surface area contributed by atoms with Crippen LogP contribution in [0, 0.1) is 0 Å². The number of nitrogens with zero attached hydrogens (tertiary/aromatic N) is 2. The van der Waals surface area contributed by atoms with Gasteiger partial charge in [0.05, 0.1) is 0 Å². The summed E-state index contributed by atoms with van der Waals surface area (Å²) in [6.45, 7) is 45.1. The molecule has 4 aromatic rings. The van der Waals surface area contributed by atoms with Crippen molar-refractivity contribution in [3.8, 4) is 11.5 Å². The smallest absolute Gasteiger partial charge is 0.872 e. The molecule has 4 rings (SSSR count). The van der Waals surface area contributed by atoms with Gasteiger partial charge >= 0.3 is 46.1 Å². The first-order valence-electron chi connectivity index (χ1n) is 21.9. The quantitative estimate of drug-likeness (QED) is 0.109. The molecule has 0 spiro atoms. The summed E-state index contributed by atoms with van der Waals surface area (Å²) in [6, 6.07) is 27.0. The summed E-state index contributed by atoms with van der Waals surface area (Å²) < 4.78 is 9.64. The summed E-state index contributed by atoms with van der Waals surface area (Å²) in [5.74, 6) is 1.81. The standard InChI is InChI=1S/2C19H23NO.2C6H18NSi2.2Mg/c2*1-13(2)16-9-7-10-17(14(3)4)19(16)20-12-15-8-5-6-11-18(15)21;2*1-8(2,3)7-9(4,5)6;;/h2*5-14,21H,1-4H3;2*1-6H3;;/q;;2*-1;2*+2. The number of hydrogen-bond acceptors (Lipinski definition) is 2. The van der Waals surface area contributed by atoms with Crippen molar-refractivity contribution in [2.45, 2.75) is 158 Å². The Bertz CT molecular complexity index is 1740. The van der Waals surface area contributed by atoms with E-state index in [-0.39, 0.29) is 57.6 Å². The zero-order valence-corrected chi connectivity index (χ0v) is 49.5. The van der Waals surface area contributed by atoms with Gasteiger partial charge in [0.25, 0.3) is 0 Å². The van der Waals surface area contributed by atoms with Crippen LogP contribution in [0.5, 0.6) is 11.5 Å². The first kappa shape index (κ1) is 62.2. The van der Waals surface area contributed by atoms with Crippen LogP contribution >= 0.6 is 0 Å². The molecular weight excluding hydrogens is 850 g/mol. The molecule has 6 nitrogen and oxygen atoms in total. The fourth-order valence-electron chi connectivity index (χ4n) is 6.95. The van der Waals surface area contributed by atoms with E-state index >= 15 is 0 Å². The van der Waals surface area contributed by atoms with Gasteiger partial charge in [0.1, 0.15) is 0 Å². The molecule has 0 amide bonds. The number of hydrogen-bond donors (Lipinski definition) is 2. The van der Waals surface area contributed by atoms with Gasteiger partial charge in [-0.25, -0.2) is 9.98 Å². The monoisotopic (exact) mass is 931 g/mol. The molecule has 62 heavy (non-hydrogen) atoms. The van der Waals surface area contributed by atoms with E-state index in [1.54, 1.807) is 24.3 Å². The van der Waals surface area contributed by atoms with Crippen LogP contribution in [0.2, 0.25) is 78.6 Å². The third-order valence-electron chi connectivity index (χ3n) is 8.67. The minimum absolute atomic E-state index is 0. The molecule has 0 atom stereocenters. The summed E-state index contributed by atoms with van der Waals surface area (Å²) in [5.41, 5.74) is 8.75. The summed E-state index contributed by atoms with van der Waals surface area (Å²) in [6.07, 6.45) is 3.63. The van der Waals surface area contributed by atoms with Crippen LogP contribution < -0.4 is 20.2 Å². The van der Waals surface area contributed by atoms with Crippen LogP contribution in [0.15, 0.2) is 84.9 Å². The second-order valence-electron chi connectivity index (χ2n) is 20.8. The van der Waals surface area contributed by atoms with E-state index in [9.17, 15) is 10.2 Å². The Morgan fingerprint density at radius 3 is 0.790 bits per heavy atom. The van der Waals surface area contributed by atoms with E-state index in [0.29, 0.717) is 34.8 Å². The second-order valence-corrected chi connectivity index (χ2v) is 40.0. The molecular formula is C50H82Mg2N4O2Si4+2. The molecule has 4 aromatic carbocycles. The maximum Gasteiger partial charge on any atom is 2.00 e. The molecule has 2 N–H and O–H groups in total. The maximum atomic E-state index is 11.8. The van der Waals surface area contributed by atoms with Crippen molar-refractivity contribution in [1.82, 2.24) is 0 Å². The summed E-state index contributed by atoms with van der Waals surface area (Å²) in [4.78, 5) is 6.75. The zero-order chi connectivity index (χ0) is 46.2. The summed E-state index contributed by atoms with van der Waals surface area (Å²) in [5, 5.41) is 23.6. The van der Waals surface area contributed by atoms with Crippen LogP contribution in [0.1, 0.15) is 112 Å². The SMILES string of the molecule is CC(C)c1cccc(C(C)C)c1[NH+]=Cc1ccccc1[O-].CC(C)c1cccc(C(C)C)c1[NH+]=Cc1ccccc1[O-].C[Si](C)(C)[N-][Si](C)(C)C.C[Si](C)(C)[N-][Si](C)(C)C.[Mg+2].[Mg+2]. The van der Waals surface area contributed by atoms with Crippen LogP contribution in [0.4, 0.5) is 11.4 Å². The number of rotatable bonds is 12.